The lowest BCUT2D eigenvalue weighted by Crippen LogP contribution is -2.21. The summed E-state index contributed by atoms with van der Waals surface area (Å²) in [4.78, 5) is 17.1. The highest BCUT2D eigenvalue weighted by Gasteiger charge is 2.24. The Morgan fingerprint density at radius 1 is 1.22 bits per heavy atom. The van der Waals surface area contributed by atoms with Gasteiger partial charge >= 0.3 is 0 Å². The molecule has 0 bridgehead atoms. The molecule has 0 saturated carbocycles. The van der Waals surface area contributed by atoms with Crippen molar-refractivity contribution in [2.24, 2.45) is 4.99 Å². The highest BCUT2D eigenvalue weighted by molar-refractivity contribution is 8.19. The number of allylic oxidation sites excluding steroid dienone is 1. The molecule has 0 unspecified atom stereocenters. The van der Waals surface area contributed by atoms with E-state index in [1.54, 1.807) is 24.3 Å². The van der Waals surface area contributed by atoms with E-state index in [-0.39, 0.29) is 19.0 Å². The van der Waals surface area contributed by atoms with E-state index in [0.29, 0.717) is 22.1 Å². The molecule has 0 spiro atoms. The summed E-state index contributed by atoms with van der Waals surface area (Å²) in [5.74, 6) is 0.485. The molecule has 2 aromatic carbocycles. The summed E-state index contributed by atoms with van der Waals surface area (Å²) in [5.41, 5.74) is 3.53. The van der Waals surface area contributed by atoms with Crippen LogP contribution in [-0.2, 0) is 4.79 Å². The Morgan fingerprint density at radius 2 is 1.91 bits per heavy atom. The van der Waals surface area contributed by atoms with Crippen molar-refractivity contribution < 1.29 is 19.7 Å². The van der Waals surface area contributed by atoms with E-state index in [9.17, 15) is 9.90 Å². The summed E-state index contributed by atoms with van der Waals surface area (Å²) in [6, 6.07) is 13.5. The number of ether oxygens (including phenoxy) is 1. The molecule has 172 valence electrons. The molecule has 1 aliphatic rings. The summed E-state index contributed by atoms with van der Waals surface area (Å²) < 4.78 is 5.34. The van der Waals surface area contributed by atoms with E-state index >= 15 is 0 Å². The van der Waals surface area contributed by atoms with Crippen molar-refractivity contribution in [3.8, 4) is 5.75 Å². The second-order valence-corrected chi connectivity index (χ2v) is 8.93. The number of aliphatic hydroxyl groups excluding tert-OH is 2. The summed E-state index contributed by atoms with van der Waals surface area (Å²) >= 11 is 7.57. The average molecular weight is 476 g/mol. The Kier molecular flexibility index (Phi) is 11.0. The molecule has 32 heavy (non-hydrogen) atoms. The van der Waals surface area contributed by atoms with Crippen molar-refractivity contribution >= 4 is 40.3 Å². The molecular weight excluding hydrogens is 446 g/mol. The highest BCUT2D eigenvalue weighted by atomic mass is 35.5. The molecular formula is C25H30ClNO4S. The molecule has 7 heteroatoms. The molecule has 1 saturated heterocycles. The second kappa shape index (κ2) is 13.4. The van der Waals surface area contributed by atoms with Gasteiger partial charge in [-0.1, -0.05) is 60.6 Å². The fourth-order valence-corrected chi connectivity index (χ4v) is 3.89. The first kappa shape index (κ1) is 26.1. The first-order valence-electron chi connectivity index (χ1n) is 10.5. The Bertz CT molecular complexity index is 953. The number of thioether (sulfide) groups is 1. The maximum absolute atomic E-state index is 12.0. The zero-order valence-corrected chi connectivity index (χ0v) is 20.2. The van der Waals surface area contributed by atoms with Crippen LogP contribution in [0.2, 0.25) is 5.02 Å². The number of nitrogens with zero attached hydrogens (tertiary/aromatic N) is 1. The van der Waals surface area contributed by atoms with Crippen LogP contribution in [0.25, 0.3) is 6.08 Å². The number of aliphatic imine (C=N–C) groups is 1. The van der Waals surface area contributed by atoms with Crippen molar-refractivity contribution in [1.82, 2.24) is 0 Å². The van der Waals surface area contributed by atoms with E-state index < -0.39 is 6.10 Å². The van der Waals surface area contributed by atoms with E-state index in [1.807, 2.05) is 6.92 Å². The standard InChI is InChI=1S/C17H20ClNO4S.C8H10/c1-2-5-19-17-8-14(22)16(24-17)7-11-3-4-15(13(18)6-11)23-10-12(21)9-20;1-7-5-3-4-6-8(7)2/h3-4,6-7,12,20-21H,2,5,8-10H2,1H3;3-6H,1-2H3/b16-7-,19-17?;/t12-;/m1./s1. The number of aryl methyl sites for hydroxylation is 2. The number of rotatable bonds is 7. The third-order valence-electron chi connectivity index (χ3n) is 4.65. The van der Waals surface area contributed by atoms with E-state index in [4.69, 9.17) is 21.4 Å². The summed E-state index contributed by atoms with van der Waals surface area (Å²) in [7, 11) is 0. The largest absolute Gasteiger partial charge is 0.489 e. The lowest BCUT2D eigenvalue weighted by atomic mass is 10.1. The number of Topliss-reactive ketones (excluding diaryl/α,β-unsaturated/α-hetero) is 1. The van der Waals surface area contributed by atoms with Crippen molar-refractivity contribution in [2.45, 2.75) is 39.7 Å². The molecule has 0 aromatic heterocycles. The summed E-state index contributed by atoms with van der Waals surface area (Å²) in [6.07, 6.45) is 2.17. The Hall–Kier alpha value is -2.12. The lowest BCUT2D eigenvalue weighted by Gasteiger charge is -2.11. The maximum atomic E-state index is 12.0. The van der Waals surface area contributed by atoms with Crippen LogP contribution in [0.1, 0.15) is 36.5 Å². The van der Waals surface area contributed by atoms with E-state index in [2.05, 4.69) is 43.1 Å². The van der Waals surface area contributed by atoms with Gasteiger partial charge in [-0.3, -0.25) is 9.79 Å². The van der Waals surface area contributed by atoms with E-state index in [1.165, 1.54) is 22.9 Å². The SMILES string of the molecule is CCCN=C1CC(=O)/C(=C/c2ccc(OC[C@H](O)CO)c(Cl)c2)S1.Cc1ccccc1C. The third kappa shape index (κ3) is 8.43. The number of halogens is 1. The molecule has 0 amide bonds. The van der Waals surface area contributed by atoms with Gasteiger partial charge in [0.15, 0.2) is 5.78 Å². The van der Waals surface area contributed by atoms with Gasteiger partial charge in [0.25, 0.3) is 0 Å². The predicted molar refractivity (Wildman–Crippen MR) is 134 cm³/mol. The minimum absolute atomic E-state index is 0.0394. The molecule has 5 nitrogen and oxygen atoms in total. The van der Waals surface area contributed by atoms with Crippen LogP contribution in [-0.4, -0.2) is 46.9 Å². The monoisotopic (exact) mass is 475 g/mol. The Balaban J connectivity index is 0.000000380. The molecule has 2 N–H and O–H groups in total. The van der Waals surface area contributed by atoms with Crippen LogP contribution in [0.4, 0.5) is 0 Å². The number of ketones is 1. The fourth-order valence-electron chi connectivity index (χ4n) is 2.66. The van der Waals surface area contributed by atoms with Crippen LogP contribution in [0.5, 0.6) is 5.75 Å². The maximum Gasteiger partial charge on any atom is 0.176 e. The number of carbonyl (C=O) groups is 1. The predicted octanol–water partition coefficient (Wildman–Crippen LogP) is 5.23. The van der Waals surface area contributed by atoms with Gasteiger partial charge in [0.05, 0.1) is 28.0 Å². The van der Waals surface area contributed by atoms with Crippen molar-refractivity contribution in [1.29, 1.82) is 0 Å². The van der Waals surface area contributed by atoms with Crippen LogP contribution >= 0.6 is 23.4 Å². The number of carbonyl (C=O) groups excluding carboxylic acids is 1. The Labute approximate surface area is 199 Å². The summed E-state index contributed by atoms with van der Waals surface area (Å²) in [6.45, 7) is 6.61. The highest BCUT2D eigenvalue weighted by Crippen LogP contribution is 2.33. The summed E-state index contributed by atoms with van der Waals surface area (Å²) in [5, 5.41) is 19.3. The van der Waals surface area contributed by atoms with Gasteiger partial charge in [-0.05, 0) is 55.2 Å². The molecule has 0 aliphatic carbocycles. The third-order valence-corrected chi connectivity index (χ3v) is 6.02. The molecule has 1 fully saturated rings. The number of benzene rings is 2. The first-order valence-corrected chi connectivity index (χ1v) is 11.7. The van der Waals surface area contributed by atoms with Gasteiger partial charge in [0.2, 0.25) is 0 Å². The number of hydrogen-bond acceptors (Lipinski definition) is 6. The topological polar surface area (TPSA) is 79.1 Å². The Morgan fingerprint density at radius 3 is 2.47 bits per heavy atom. The van der Waals surface area contributed by atoms with Crippen LogP contribution in [0, 0.1) is 13.8 Å². The number of hydrogen-bond donors (Lipinski definition) is 2. The smallest absolute Gasteiger partial charge is 0.176 e. The van der Waals surface area contributed by atoms with Crippen molar-refractivity contribution in [2.75, 3.05) is 19.8 Å². The number of aliphatic hydroxyl groups is 2. The fraction of sp³-hybridized carbons (Fsp3) is 0.360. The van der Waals surface area contributed by atoms with Gasteiger partial charge in [-0.2, -0.15) is 0 Å². The quantitative estimate of drug-likeness (QED) is 0.536. The van der Waals surface area contributed by atoms with Gasteiger partial charge in [-0.25, -0.2) is 0 Å². The molecule has 1 aliphatic heterocycles. The lowest BCUT2D eigenvalue weighted by molar-refractivity contribution is -0.113. The van der Waals surface area contributed by atoms with Crippen molar-refractivity contribution in [3.05, 3.63) is 69.1 Å². The van der Waals surface area contributed by atoms with Gasteiger partial charge in [0.1, 0.15) is 18.5 Å². The minimum Gasteiger partial charge on any atom is -0.489 e. The van der Waals surface area contributed by atoms with Gasteiger partial charge in [0, 0.05) is 6.54 Å². The molecule has 3 rings (SSSR count). The molecule has 2 aromatic rings. The minimum atomic E-state index is -0.948. The normalized spacial score (nSPS) is 16.8. The average Bonchev–Trinajstić information content (AvgIpc) is 3.13. The van der Waals surface area contributed by atoms with Crippen molar-refractivity contribution in [3.63, 3.8) is 0 Å². The zero-order chi connectivity index (χ0) is 23.5. The van der Waals surface area contributed by atoms with Crippen LogP contribution in [0.3, 0.4) is 0 Å². The molecule has 1 heterocycles. The van der Waals surface area contributed by atoms with Gasteiger partial charge < -0.3 is 14.9 Å². The van der Waals surface area contributed by atoms with E-state index in [0.717, 1.165) is 23.6 Å². The molecule has 1 atom stereocenters. The zero-order valence-electron chi connectivity index (χ0n) is 18.7. The first-order chi connectivity index (χ1) is 15.3. The van der Waals surface area contributed by atoms with Crippen LogP contribution < -0.4 is 4.74 Å². The molecule has 0 radical (unpaired) electrons. The second-order valence-electron chi connectivity index (χ2n) is 7.41. The van der Waals surface area contributed by atoms with Crippen LogP contribution in [0.15, 0.2) is 52.4 Å². The van der Waals surface area contributed by atoms with Gasteiger partial charge in [-0.15, -0.1) is 0 Å².